The number of aromatic nitrogens is 1. The lowest BCUT2D eigenvalue weighted by Crippen LogP contribution is -2.20. The van der Waals surface area contributed by atoms with Crippen molar-refractivity contribution in [3.05, 3.63) is 47.7 Å². The number of ether oxygens (including phenoxy) is 3. The Hall–Kier alpha value is -3.28. The van der Waals surface area contributed by atoms with Gasteiger partial charge in [0.2, 0.25) is 0 Å². The van der Waals surface area contributed by atoms with Gasteiger partial charge in [-0.2, -0.15) is 0 Å². The van der Waals surface area contributed by atoms with Gasteiger partial charge in [0.05, 0.1) is 19.8 Å². The maximum atomic E-state index is 12.5. The van der Waals surface area contributed by atoms with Crippen molar-refractivity contribution in [1.82, 2.24) is 4.98 Å². The molecular formula is C23H22N2O4. The zero-order chi connectivity index (χ0) is 20.1. The van der Waals surface area contributed by atoms with E-state index in [1.807, 2.05) is 36.5 Å². The third kappa shape index (κ3) is 2.87. The number of nitrogens with zero attached hydrogens (tertiary/aromatic N) is 2. The molecule has 0 unspecified atom stereocenters. The normalized spacial score (nSPS) is 15.2. The average molecular weight is 390 g/mol. The largest absolute Gasteiger partial charge is 0.493 e. The Kier molecular flexibility index (Phi) is 4.08. The fraction of sp³-hybridized carbons (Fsp3) is 0.304. The first-order valence-corrected chi connectivity index (χ1v) is 9.68. The molecule has 1 saturated carbocycles. The number of carbonyl (C=O) groups excluding carboxylic acids is 1. The van der Waals surface area contributed by atoms with Crippen LogP contribution in [0.4, 0.5) is 5.82 Å². The van der Waals surface area contributed by atoms with Gasteiger partial charge in [-0.15, -0.1) is 0 Å². The summed E-state index contributed by atoms with van der Waals surface area (Å²) in [4.78, 5) is 19.4. The van der Waals surface area contributed by atoms with Gasteiger partial charge in [-0.1, -0.05) is 0 Å². The molecule has 2 aliphatic rings. The minimum Gasteiger partial charge on any atom is -0.493 e. The van der Waals surface area contributed by atoms with Crippen molar-refractivity contribution in [1.29, 1.82) is 0 Å². The fourth-order valence-electron chi connectivity index (χ4n) is 4.04. The van der Waals surface area contributed by atoms with Crippen molar-refractivity contribution >= 4 is 22.6 Å². The summed E-state index contributed by atoms with van der Waals surface area (Å²) in [6.07, 6.45) is 4.26. The summed E-state index contributed by atoms with van der Waals surface area (Å²) in [5, 5.41) is 1.87. The van der Waals surface area contributed by atoms with E-state index in [0.29, 0.717) is 23.1 Å². The molecule has 3 aromatic rings. The minimum absolute atomic E-state index is 0.279. The Morgan fingerprint density at radius 1 is 1.07 bits per heavy atom. The van der Waals surface area contributed by atoms with Crippen LogP contribution in [0.25, 0.3) is 21.9 Å². The van der Waals surface area contributed by atoms with E-state index in [9.17, 15) is 4.79 Å². The van der Waals surface area contributed by atoms with Gasteiger partial charge in [0.1, 0.15) is 12.4 Å². The average Bonchev–Trinajstić information content (AvgIpc) is 3.54. The molecule has 5 rings (SSSR count). The first-order chi connectivity index (χ1) is 14.1. The van der Waals surface area contributed by atoms with E-state index in [-0.39, 0.29) is 12.6 Å². The highest BCUT2D eigenvalue weighted by molar-refractivity contribution is 6.11. The third-order valence-electron chi connectivity index (χ3n) is 5.78. The molecule has 6 heteroatoms. The van der Waals surface area contributed by atoms with Crippen molar-refractivity contribution < 1.29 is 19.0 Å². The number of hydrogen-bond donors (Lipinski definition) is 0. The Labute approximate surface area is 169 Å². The SMILES string of the molecule is COc1cc2cc3c(c(-c4ccc(N(C)C5CC5)nc4)c2cc1OC)C(=O)OC3. The standard InChI is InChI=1S/C23H22N2O4/c1-25(16-5-6-16)20-7-4-13(11-24-20)21-17-10-19(28-3)18(27-2)9-14(17)8-15-12-29-23(26)22(15)21/h4,7-11,16H,5-6,12H2,1-3H3. The number of rotatable bonds is 5. The zero-order valence-corrected chi connectivity index (χ0v) is 16.7. The molecule has 1 aliphatic heterocycles. The van der Waals surface area contributed by atoms with E-state index >= 15 is 0 Å². The van der Waals surface area contributed by atoms with Crippen molar-refractivity contribution in [2.45, 2.75) is 25.5 Å². The third-order valence-corrected chi connectivity index (χ3v) is 5.78. The van der Waals surface area contributed by atoms with Gasteiger partial charge in [0.15, 0.2) is 11.5 Å². The number of cyclic esters (lactones) is 1. The van der Waals surface area contributed by atoms with Crippen molar-refractivity contribution in [3.8, 4) is 22.6 Å². The summed E-state index contributed by atoms with van der Waals surface area (Å²) >= 11 is 0. The molecule has 0 N–H and O–H groups in total. The highest BCUT2D eigenvalue weighted by atomic mass is 16.5. The van der Waals surface area contributed by atoms with E-state index in [4.69, 9.17) is 14.2 Å². The van der Waals surface area contributed by atoms with Crippen LogP contribution >= 0.6 is 0 Å². The quantitative estimate of drug-likeness (QED) is 0.609. The number of esters is 1. The Morgan fingerprint density at radius 2 is 1.83 bits per heavy atom. The topological polar surface area (TPSA) is 60.9 Å². The lowest BCUT2D eigenvalue weighted by Gasteiger charge is -2.18. The second-order valence-corrected chi connectivity index (χ2v) is 7.54. The zero-order valence-electron chi connectivity index (χ0n) is 16.7. The highest BCUT2D eigenvalue weighted by Gasteiger charge is 2.29. The fourth-order valence-corrected chi connectivity index (χ4v) is 4.04. The van der Waals surface area contributed by atoms with E-state index in [2.05, 4.69) is 16.9 Å². The highest BCUT2D eigenvalue weighted by Crippen LogP contribution is 2.42. The number of carbonyl (C=O) groups is 1. The van der Waals surface area contributed by atoms with Crippen LogP contribution in [-0.2, 0) is 11.3 Å². The molecule has 0 spiro atoms. The summed E-state index contributed by atoms with van der Waals surface area (Å²) in [7, 11) is 5.29. The van der Waals surface area contributed by atoms with Gasteiger partial charge in [0.25, 0.3) is 0 Å². The maximum absolute atomic E-state index is 12.5. The monoisotopic (exact) mass is 390 g/mol. The van der Waals surface area contributed by atoms with Crippen molar-refractivity contribution in [2.75, 3.05) is 26.2 Å². The molecule has 2 aromatic carbocycles. The van der Waals surface area contributed by atoms with E-state index in [1.54, 1.807) is 14.2 Å². The van der Waals surface area contributed by atoms with Gasteiger partial charge in [0, 0.05) is 36.0 Å². The summed E-state index contributed by atoms with van der Waals surface area (Å²) < 4.78 is 16.3. The molecule has 0 atom stereocenters. The molecule has 0 bridgehead atoms. The maximum Gasteiger partial charge on any atom is 0.339 e. The molecule has 2 heterocycles. The predicted molar refractivity (Wildman–Crippen MR) is 111 cm³/mol. The van der Waals surface area contributed by atoms with E-state index < -0.39 is 0 Å². The van der Waals surface area contributed by atoms with Gasteiger partial charge in [-0.25, -0.2) is 9.78 Å². The number of hydrogen-bond acceptors (Lipinski definition) is 6. The van der Waals surface area contributed by atoms with Gasteiger partial charge in [-0.3, -0.25) is 0 Å². The first kappa shape index (κ1) is 17.8. The first-order valence-electron chi connectivity index (χ1n) is 9.68. The number of methoxy groups -OCH3 is 2. The van der Waals surface area contributed by atoms with Crippen LogP contribution in [0.1, 0.15) is 28.8 Å². The summed E-state index contributed by atoms with van der Waals surface area (Å²) in [5.74, 6) is 1.90. The smallest absolute Gasteiger partial charge is 0.339 e. The number of anilines is 1. The Morgan fingerprint density at radius 3 is 2.48 bits per heavy atom. The van der Waals surface area contributed by atoms with Crippen molar-refractivity contribution in [2.24, 2.45) is 0 Å². The molecule has 1 aromatic heterocycles. The minimum atomic E-state index is -0.300. The lowest BCUT2D eigenvalue weighted by molar-refractivity contribution is 0.0535. The predicted octanol–water partition coefficient (Wildman–Crippen LogP) is 4.19. The van der Waals surface area contributed by atoms with Crippen LogP contribution in [0.2, 0.25) is 0 Å². The number of benzene rings is 2. The van der Waals surface area contributed by atoms with Crippen LogP contribution < -0.4 is 14.4 Å². The van der Waals surface area contributed by atoms with Gasteiger partial charge in [-0.05, 0) is 53.9 Å². The van der Waals surface area contributed by atoms with Crippen LogP contribution in [0.3, 0.4) is 0 Å². The van der Waals surface area contributed by atoms with Gasteiger partial charge < -0.3 is 19.1 Å². The van der Waals surface area contributed by atoms with E-state index in [0.717, 1.165) is 33.3 Å². The van der Waals surface area contributed by atoms with Crippen LogP contribution in [0.5, 0.6) is 11.5 Å². The van der Waals surface area contributed by atoms with Crippen LogP contribution in [0, 0.1) is 0 Å². The molecule has 29 heavy (non-hydrogen) atoms. The molecule has 0 amide bonds. The molecule has 1 fully saturated rings. The summed E-state index contributed by atoms with van der Waals surface area (Å²) in [5.41, 5.74) is 3.19. The Bertz CT molecular complexity index is 1120. The van der Waals surface area contributed by atoms with Gasteiger partial charge >= 0.3 is 5.97 Å². The molecule has 6 nitrogen and oxygen atoms in total. The molecule has 1 aliphatic carbocycles. The molecule has 0 saturated heterocycles. The molecule has 148 valence electrons. The second-order valence-electron chi connectivity index (χ2n) is 7.54. The molecule has 0 radical (unpaired) electrons. The second kappa shape index (κ2) is 6.65. The number of pyridine rings is 1. The number of fused-ring (bicyclic) bond motifs is 2. The van der Waals surface area contributed by atoms with Crippen molar-refractivity contribution in [3.63, 3.8) is 0 Å². The summed E-state index contributed by atoms with van der Waals surface area (Å²) in [6, 6.07) is 10.5. The summed E-state index contributed by atoms with van der Waals surface area (Å²) in [6.45, 7) is 0.279. The van der Waals surface area contributed by atoms with E-state index in [1.165, 1.54) is 12.8 Å². The Balaban J connectivity index is 1.72. The van der Waals surface area contributed by atoms with Crippen LogP contribution in [-0.4, -0.2) is 38.3 Å². The van der Waals surface area contributed by atoms with Crippen LogP contribution in [0.15, 0.2) is 36.5 Å². The molecular weight excluding hydrogens is 368 g/mol. The lowest BCUT2D eigenvalue weighted by atomic mass is 9.91.